The Bertz CT molecular complexity index is 1020. The van der Waals surface area contributed by atoms with E-state index < -0.39 is 40.6 Å². The molecule has 33 heavy (non-hydrogen) atoms. The van der Waals surface area contributed by atoms with E-state index in [2.05, 4.69) is 15.0 Å². The first kappa shape index (κ1) is 26.5. The van der Waals surface area contributed by atoms with Crippen LogP contribution in [-0.2, 0) is 19.6 Å². The Morgan fingerprint density at radius 3 is 2.58 bits per heavy atom. The average Bonchev–Trinajstić information content (AvgIpc) is 3.28. The molecular weight excluding hydrogens is 452 g/mol. The molecule has 0 aliphatic rings. The van der Waals surface area contributed by atoms with E-state index in [0.717, 1.165) is 11.8 Å². The molecule has 182 valence electrons. The molecule has 1 aromatic carbocycles. The zero-order valence-electron chi connectivity index (χ0n) is 18.6. The predicted molar refractivity (Wildman–Crippen MR) is 119 cm³/mol. The van der Waals surface area contributed by atoms with E-state index in [1.807, 2.05) is 6.92 Å². The average molecular weight is 483 g/mol. The first-order chi connectivity index (χ1) is 15.7. The van der Waals surface area contributed by atoms with Gasteiger partial charge in [-0.1, -0.05) is 17.7 Å². The molecule has 0 saturated heterocycles. The van der Waals surface area contributed by atoms with E-state index in [1.165, 1.54) is 12.1 Å². The maximum atomic E-state index is 12.5. The van der Waals surface area contributed by atoms with E-state index in [4.69, 9.17) is 20.0 Å². The second-order valence-electron chi connectivity index (χ2n) is 7.34. The Kier molecular flexibility index (Phi) is 9.97. The Hall–Kier alpha value is -2.80. The number of nitrogens with one attached hydrogen (secondary N) is 2. The minimum atomic E-state index is -3.62. The highest BCUT2D eigenvalue weighted by Crippen LogP contribution is 2.12. The topological polar surface area (TPSA) is 174 Å². The standard InChI is InChI=1S/C21H30N4O7S/c1-3-31-21(28)17(24-19(27)18-13-32-20(25-18)16(22)12-26)6-4-5-11-23-33(29,30)15-9-7-14(2)8-10-15/h7-10,13,16-17,23,26H,3-6,11-12,22H2,1-2H3,(H,24,27). The van der Waals surface area contributed by atoms with E-state index in [-0.39, 0.29) is 36.1 Å². The van der Waals surface area contributed by atoms with Crippen LogP contribution >= 0.6 is 0 Å². The monoisotopic (exact) mass is 482 g/mol. The Labute approximate surface area is 192 Å². The lowest BCUT2D eigenvalue weighted by Crippen LogP contribution is -2.42. The molecule has 0 saturated carbocycles. The van der Waals surface area contributed by atoms with E-state index in [0.29, 0.717) is 12.8 Å². The highest BCUT2D eigenvalue weighted by atomic mass is 32.2. The molecule has 0 aliphatic carbocycles. The smallest absolute Gasteiger partial charge is 0.328 e. The lowest BCUT2D eigenvalue weighted by atomic mass is 10.1. The van der Waals surface area contributed by atoms with Crippen molar-refractivity contribution < 1.29 is 32.3 Å². The SMILES string of the molecule is CCOC(=O)C(CCCCNS(=O)(=O)c1ccc(C)cc1)NC(=O)c1coc(C(N)CO)n1. The van der Waals surface area contributed by atoms with Crippen LogP contribution in [0.5, 0.6) is 0 Å². The first-order valence-corrected chi connectivity index (χ1v) is 12.0. The van der Waals surface area contributed by atoms with Gasteiger partial charge in [0, 0.05) is 6.54 Å². The molecule has 0 aliphatic heterocycles. The molecule has 1 amide bonds. The van der Waals surface area contributed by atoms with Gasteiger partial charge in [0.2, 0.25) is 15.9 Å². The van der Waals surface area contributed by atoms with Crippen LogP contribution in [0, 0.1) is 6.92 Å². The summed E-state index contributed by atoms with van der Waals surface area (Å²) in [6, 6.07) is 4.70. The zero-order valence-corrected chi connectivity index (χ0v) is 19.4. The normalized spacial score (nSPS) is 13.3. The van der Waals surface area contributed by atoms with Gasteiger partial charge in [-0.05, 0) is 45.2 Å². The number of carbonyl (C=O) groups excluding carboxylic acids is 2. The van der Waals surface area contributed by atoms with Crippen molar-refractivity contribution >= 4 is 21.9 Å². The number of nitrogens with zero attached hydrogens (tertiary/aromatic N) is 1. The Morgan fingerprint density at radius 2 is 1.94 bits per heavy atom. The molecule has 2 unspecified atom stereocenters. The van der Waals surface area contributed by atoms with Gasteiger partial charge in [0.15, 0.2) is 5.69 Å². The number of sulfonamides is 1. The second kappa shape index (κ2) is 12.4. The van der Waals surface area contributed by atoms with Gasteiger partial charge in [-0.15, -0.1) is 0 Å². The molecule has 1 aromatic heterocycles. The first-order valence-electron chi connectivity index (χ1n) is 10.5. The van der Waals surface area contributed by atoms with Gasteiger partial charge >= 0.3 is 5.97 Å². The summed E-state index contributed by atoms with van der Waals surface area (Å²) in [6.45, 7) is 3.43. The molecule has 0 bridgehead atoms. The molecule has 2 rings (SSSR count). The van der Waals surface area contributed by atoms with Crippen LogP contribution in [0.3, 0.4) is 0 Å². The lowest BCUT2D eigenvalue weighted by Gasteiger charge is -2.16. The number of amides is 1. The number of benzene rings is 1. The molecule has 12 heteroatoms. The summed E-state index contributed by atoms with van der Waals surface area (Å²) in [5.41, 5.74) is 6.47. The number of oxazole rings is 1. The summed E-state index contributed by atoms with van der Waals surface area (Å²) in [4.78, 5) is 28.8. The van der Waals surface area contributed by atoms with Gasteiger partial charge in [0.25, 0.3) is 5.91 Å². The van der Waals surface area contributed by atoms with Gasteiger partial charge in [-0.2, -0.15) is 0 Å². The lowest BCUT2D eigenvalue weighted by molar-refractivity contribution is -0.145. The number of aryl methyl sites for hydroxylation is 1. The molecule has 0 spiro atoms. The third kappa shape index (κ3) is 7.93. The fourth-order valence-corrected chi connectivity index (χ4v) is 3.92. The maximum Gasteiger partial charge on any atom is 0.328 e. The highest BCUT2D eigenvalue weighted by Gasteiger charge is 2.25. The summed E-state index contributed by atoms with van der Waals surface area (Å²) in [5, 5.41) is 11.6. The summed E-state index contributed by atoms with van der Waals surface area (Å²) in [6.07, 6.45) is 2.20. The van der Waals surface area contributed by atoms with Gasteiger partial charge in [0.1, 0.15) is 18.3 Å². The van der Waals surface area contributed by atoms with Crippen molar-refractivity contribution in [1.82, 2.24) is 15.0 Å². The van der Waals surface area contributed by atoms with E-state index in [1.54, 1.807) is 19.1 Å². The van der Waals surface area contributed by atoms with Crippen LogP contribution in [0.4, 0.5) is 0 Å². The summed E-state index contributed by atoms with van der Waals surface area (Å²) >= 11 is 0. The Morgan fingerprint density at radius 1 is 1.24 bits per heavy atom. The van der Waals surface area contributed by atoms with Crippen LogP contribution in [-0.4, -0.2) is 56.2 Å². The Balaban J connectivity index is 1.89. The van der Waals surface area contributed by atoms with E-state index in [9.17, 15) is 18.0 Å². The fraction of sp³-hybridized carbons (Fsp3) is 0.476. The van der Waals surface area contributed by atoms with Gasteiger partial charge in [-0.25, -0.2) is 22.9 Å². The molecule has 0 fully saturated rings. The number of hydrogen-bond acceptors (Lipinski definition) is 9. The van der Waals surface area contributed by atoms with E-state index >= 15 is 0 Å². The number of carbonyl (C=O) groups is 2. The number of nitrogens with two attached hydrogens (primary N) is 1. The number of ether oxygens (including phenoxy) is 1. The molecule has 11 nitrogen and oxygen atoms in total. The number of esters is 1. The number of hydrogen-bond donors (Lipinski definition) is 4. The second-order valence-corrected chi connectivity index (χ2v) is 9.11. The summed E-state index contributed by atoms with van der Waals surface area (Å²) in [5.74, 6) is -1.27. The zero-order chi connectivity index (χ0) is 24.4. The number of rotatable bonds is 13. The minimum Gasteiger partial charge on any atom is -0.464 e. The number of unbranched alkanes of at least 4 members (excludes halogenated alkanes) is 1. The van der Waals surface area contributed by atoms with Gasteiger partial charge in [-0.3, -0.25) is 4.79 Å². The van der Waals surface area contributed by atoms with Gasteiger partial charge < -0.3 is 25.3 Å². The number of aromatic nitrogens is 1. The van der Waals surface area contributed by atoms with Crippen LogP contribution in [0.15, 0.2) is 39.8 Å². The maximum absolute atomic E-state index is 12.5. The molecule has 2 atom stereocenters. The van der Waals surface area contributed by atoms with Crippen LogP contribution in [0.25, 0.3) is 0 Å². The van der Waals surface area contributed by atoms with Crippen molar-refractivity contribution in [3.63, 3.8) is 0 Å². The van der Waals surface area contributed by atoms with Crippen LogP contribution < -0.4 is 15.8 Å². The summed E-state index contributed by atoms with van der Waals surface area (Å²) in [7, 11) is -3.62. The highest BCUT2D eigenvalue weighted by molar-refractivity contribution is 7.89. The van der Waals surface area contributed by atoms with Gasteiger partial charge in [0.05, 0.1) is 18.1 Å². The molecule has 2 aromatic rings. The number of aliphatic hydroxyl groups is 1. The molecule has 1 heterocycles. The molecular formula is C21H30N4O7S. The minimum absolute atomic E-state index is 0.00352. The van der Waals surface area contributed by atoms with Crippen molar-refractivity contribution in [2.24, 2.45) is 5.73 Å². The largest absolute Gasteiger partial charge is 0.464 e. The summed E-state index contributed by atoms with van der Waals surface area (Å²) < 4.78 is 37.3. The van der Waals surface area contributed by atoms with Crippen molar-refractivity contribution in [2.45, 2.75) is 50.1 Å². The predicted octanol–water partition coefficient (Wildman–Crippen LogP) is 0.785. The third-order valence-corrected chi connectivity index (χ3v) is 6.16. The van der Waals surface area contributed by atoms with Crippen molar-refractivity contribution in [2.75, 3.05) is 19.8 Å². The third-order valence-electron chi connectivity index (χ3n) is 4.69. The van der Waals surface area contributed by atoms with Crippen molar-refractivity contribution in [3.05, 3.63) is 47.7 Å². The number of aliphatic hydroxyl groups excluding tert-OH is 1. The van der Waals surface area contributed by atoms with Crippen molar-refractivity contribution in [3.8, 4) is 0 Å². The quantitative estimate of drug-likeness (QED) is 0.238. The molecule has 5 N–H and O–H groups in total. The molecule has 0 radical (unpaired) electrons. The fourth-order valence-electron chi connectivity index (χ4n) is 2.85. The van der Waals surface area contributed by atoms with Crippen LogP contribution in [0.1, 0.15) is 54.2 Å². The van der Waals surface area contributed by atoms with Crippen molar-refractivity contribution in [1.29, 1.82) is 0 Å². The van der Waals surface area contributed by atoms with Crippen LogP contribution in [0.2, 0.25) is 0 Å².